The van der Waals surface area contributed by atoms with E-state index in [2.05, 4.69) is 50.4 Å². The lowest BCUT2D eigenvalue weighted by molar-refractivity contribution is -0.141. The number of likely N-dealkylation sites (N-methyl/N-ethyl adjacent to an activating group) is 1. The first-order valence-corrected chi connectivity index (χ1v) is 12.9. The number of carbonyl (C=O) groups excluding carboxylic acids is 2. The van der Waals surface area contributed by atoms with Crippen LogP contribution in [0.25, 0.3) is 0 Å². The fourth-order valence-electron chi connectivity index (χ4n) is 4.30. The smallest absolute Gasteiger partial charge is 0.243 e. The van der Waals surface area contributed by atoms with E-state index in [-0.39, 0.29) is 17.2 Å². The highest BCUT2D eigenvalue weighted by Crippen LogP contribution is 2.23. The lowest BCUT2D eigenvalue weighted by Gasteiger charge is -2.31. The topological polar surface area (TPSA) is 49.4 Å². The van der Waals surface area contributed by atoms with Gasteiger partial charge in [-0.15, -0.1) is 0 Å². The number of benzene rings is 3. The molecule has 0 aromatic heterocycles. The van der Waals surface area contributed by atoms with E-state index in [1.54, 1.807) is 4.90 Å². The average Bonchev–Trinajstić information content (AvgIpc) is 2.86. The maximum atomic E-state index is 13.7. The van der Waals surface area contributed by atoms with Crippen molar-refractivity contribution in [3.05, 3.63) is 107 Å². The maximum Gasteiger partial charge on any atom is 0.243 e. The van der Waals surface area contributed by atoms with E-state index in [0.29, 0.717) is 32.4 Å². The fourth-order valence-corrected chi connectivity index (χ4v) is 4.30. The number of hydrogen-bond donors (Lipinski definition) is 1. The molecule has 1 atom stereocenters. The average molecular weight is 485 g/mol. The molecular formula is C32H40N2O2. The predicted octanol–water partition coefficient (Wildman–Crippen LogP) is 6.00. The van der Waals surface area contributed by atoms with Gasteiger partial charge in [-0.05, 0) is 47.9 Å². The molecule has 0 saturated heterocycles. The van der Waals surface area contributed by atoms with Crippen LogP contribution in [0.1, 0.15) is 61.9 Å². The third-order valence-corrected chi connectivity index (χ3v) is 6.54. The van der Waals surface area contributed by atoms with Crippen LogP contribution in [0.5, 0.6) is 0 Å². The largest absolute Gasteiger partial charge is 0.355 e. The zero-order chi connectivity index (χ0) is 26.1. The molecular weight excluding hydrogens is 444 g/mol. The summed E-state index contributed by atoms with van der Waals surface area (Å²) in [7, 11) is 0. The van der Waals surface area contributed by atoms with Crippen molar-refractivity contribution < 1.29 is 9.59 Å². The van der Waals surface area contributed by atoms with Crippen molar-refractivity contribution in [1.29, 1.82) is 0 Å². The summed E-state index contributed by atoms with van der Waals surface area (Å²) in [5, 5.41) is 2.96. The molecule has 190 valence electrons. The molecule has 0 spiro atoms. The Bertz CT molecular complexity index is 1110. The van der Waals surface area contributed by atoms with Crippen molar-refractivity contribution in [2.45, 2.75) is 71.9 Å². The molecule has 0 bridgehead atoms. The van der Waals surface area contributed by atoms with Gasteiger partial charge < -0.3 is 10.2 Å². The van der Waals surface area contributed by atoms with Crippen molar-refractivity contribution in [2.24, 2.45) is 0 Å². The van der Waals surface area contributed by atoms with Crippen LogP contribution in [0.3, 0.4) is 0 Å². The normalized spacial score (nSPS) is 12.1. The molecule has 0 radical (unpaired) electrons. The summed E-state index contributed by atoms with van der Waals surface area (Å²) in [6, 6.07) is 26.1. The van der Waals surface area contributed by atoms with Gasteiger partial charge in [-0.2, -0.15) is 0 Å². The summed E-state index contributed by atoms with van der Waals surface area (Å²) in [6.45, 7) is 11.5. The van der Waals surface area contributed by atoms with E-state index in [4.69, 9.17) is 0 Å². The summed E-state index contributed by atoms with van der Waals surface area (Å²) in [5.41, 5.74) is 5.72. The Labute approximate surface area is 216 Å². The molecule has 3 rings (SSSR count). The number of amides is 2. The van der Waals surface area contributed by atoms with Crippen molar-refractivity contribution >= 4 is 11.8 Å². The van der Waals surface area contributed by atoms with Crippen LogP contribution in [-0.2, 0) is 34.4 Å². The Balaban J connectivity index is 1.85. The Hall–Kier alpha value is -3.40. The first-order valence-electron chi connectivity index (χ1n) is 12.9. The summed E-state index contributed by atoms with van der Waals surface area (Å²) in [5.74, 6) is -0.126. The van der Waals surface area contributed by atoms with Crippen molar-refractivity contribution in [1.82, 2.24) is 10.2 Å². The molecule has 36 heavy (non-hydrogen) atoms. The van der Waals surface area contributed by atoms with Gasteiger partial charge in [0.2, 0.25) is 11.8 Å². The van der Waals surface area contributed by atoms with Gasteiger partial charge >= 0.3 is 0 Å². The Morgan fingerprint density at radius 3 is 2.03 bits per heavy atom. The van der Waals surface area contributed by atoms with E-state index >= 15 is 0 Å². The highest BCUT2D eigenvalue weighted by atomic mass is 16.2. The minimum absolute atomic E-state index is 0.0114. The quantitative estimate of drug-likeness (QED) is 0.384. The molecule has 0 aliphatic rings. The first-order chi connectivity index (χ1) is 17.2. The maximum absolute atomic E-state index is 13.7. The molecule has 4 heteroatoms. The predicted molar refractivity (Wildman–Crippen MR) is 148 cm³/mol. The van der Waals surface area contributed by atoms with E-state index in [1.807, 2.05) is 68.4 Å². The molecule has 3 aromatic rings. The van der Waals surface area contributed by atoms with Gasteiger partial charge in [0.05, 0.1) is 0 Å². The van der Waals surface area contributed by atoms with Gasteiger partial charge in [-0.3, -0.25) is 9.59 Å². The number of rotatable bonds is 10. The molecule has 0 aliphatic heterocycles. The number of nitrogens with one attached hydrogen (secondary N) is 1. The molecule has 4 nitrogen and oxygen atoms in total. The van der Waals surface area contributed by atoms with E-state index in [9.17, 15) is 9.59 Å². The second kappa shape index (κ2) is 12.5. The summed E-state index contributed by atoms with van der Waals surface area (Å²) in [4.78, 5) is 28.7. The first kappa shape index (κ1) is 27.2. The molecule has 2 amide bonds. The number of hydrogen-bond acceptors (Lipinski definition) is 2. The second-order valence-corrected chi connectivity index (χ2v) is 10.6. The van der Waals surface area contributed by atoms with Gasteiger partial charge in [0, 0.05) is 25.9 Å². The molecule has 3 aromatic carbocycles. The summed E-state index contributed by atoms with van der Waals surface area (Å²) < 4.78 is 0. The Morgan fingerprint density at radius 1 is 0.833 bits per heavy atom. The third kappa shape index (κ3) is 7.81. The number of carbonyl (C=O) groups is 2. The van der Waals surface area contributed by atoms with Crippen LogP contribution in [-0.4, -0.2) is 29.3 Å². The van der Waals surface area contributed by atoms with Crippen LogP contribution in [0.15, 0.2) is 78.9 Å². The lowest BCUT2D eigenvalue weighted by Crippen LogP contribution is -2.50. The van der Waals surface area contributed by atoms with Crippen LogP contribution in [0.4, 0.5) is 0 Å². The van der Waals surface area contributed by atoms with Crippen LogP contribution in [0.2, 0.25) is 0 Å². The van der Waals surface area contributed by atoms with Gasteiger partial charge in [-0.1, -0.05) is 105 Å². The van der Waals surface area contributed by atoms with Gasteiger partial charge in [0.25, 0.3) is 0 Å². The minimum Gasteiger partial charge on any atom is -0.355 e. The van der Waals surface area contributed by atoms with E-state index in [1.165, 1.54) is 11.1 Å². The second-order valence-electron chi connectivity index (χ2n) is 10.6. The highest BCUT2D eigenvalue weighted by molar-refractivity contribution is 5.88. The molecule has 0 aliphatic carbocycles. The van der Waals surface area contributed by atoms with Crippen molar-refractivity contribution in [3.63, 3.8) is 0 Å². The summed E-state index contributed by atoms with van der Waals surface area (Å²) >= 11 is 0. The van der Waals surface area contributed by atoms with Crippen LogP contribution in [0, 0.1) is 6.92 Å². The van der Waals surface area contributed by atoms with Gasteiger partial charge in [0.1, 0.15) is 6.04 Å². The third-order valence-electron chi connectivity index (χ3n) is 6.54. The Morgan fingerprint density at radius 2 is 1.44 bits per heavy atom. The monoisotopic (exact) mass is 484 g/mol. The fraction of sp³-hybridized carbons (Fsp3) is 0.375. The van der Waals surface area contributed by atoms with Gasteiger partial charge in [-0.25, -0.2) is 0 Å². The number of nitrogens with zero attached hydrogens (tertiary/aromatic N) is 1. The van der Waals surface area contributed by atoms with Crippen molar-refractivity contribution in [2.75, 3.05) is 6.54 Å². The number of aryl methyl sites for hydroxylation is 2. The van der Waals surface area contributed by atoms with Crippen molar-refractivity contribution in [3.8, 4) is 0 Å². The minimum atomic E-state index is -0.579. The zero-order valence-corrected chi connectivity index (χ0v) is 22.4. The molecule has 0 heterocycles. The molecule has 0 fully saturated rings. The highest BCUT2D eigenvalue weighted by Gasteiger charge is 2.30. The van der Waals surface area contributed by atoms with E-state index in [0.717, 1.165) is 16.7 Å². The standard InChI is InChI=1S/C32H40N2O2/c1-6-33-31(36)29(22-26-10-8-7-9-11-26)34(23-27-14-12-24(2)13-15-27)30(35)21-18-25-16-19-28(20-17-25)32(3,4)5/h7-17,19-20,29H,6,18,21-23H2,1-5H3,(H,33,36)/t29-/m0/s1. The zero-order valence-electron chi connectivity index (χ0n) is 22.4. The Kier molecular flexibility index (Phi) is 9.46. The molecule has 1 N–H and O–H groups in total. The van der Waals surface area contributed by atoms with Gasteiger partial charge in [0.15, 0.2) is 0 Å². The van der Waals surface area contributed by atoms with E-state index < -0.39 is 6.04 Å². The summed E-state index contributed by atoms with van der Waals surface area (Å²) in [6.07, 6.45) is 1.47. The molecule has 0 saturated carbocycles. The lowest BCUT2D eigenvalue weighted by atomic mass is 9.86. The van der Waals surface area contributed by atoms with Crippen LogP contribution < -0.4 is 5.32 Å². The molecule has 0 unspecified atom stereocenters. The van der Waals surface area contributed by atoms with Crippen LogP contribution >= 0.6 is 0 Å². The SMILES string of the molecule is CCNC(=O)[C@H](Cc1ccccc1)N(Cc1ccc(C)cc1)C(=O)CCc1ccc(C(C)(C)C)cc1.